The normalized spacial score (nSPS) is 12.4. The predicted octanol–water partition coefficient (Wildman–Crippen LogP) is 5.51. The number of amides is 1. The van der Waals surface area contributed by atoms with Crippen LogP contribution in [-0.2, 0) is 17.6 Å². The molecule has 2 aromatic rings. The van der Waals surface area contributed by atoms with Crippen molar-refractivity contribution in [3.8, 4) is 5.75 Å². The highest BCUT2D eigenvalue weighted by Gasteiger charge is 2.24. The van der Waals surface area contributed by atoms with E-state index in [2.05, 4.69) is 24.0 Å². The van der Waals surface area contributed by atoms with Gasteiger partial charge in [-0.3, -0.25) is 4.79 Å². The van der Waals surface area contributed by atoms with Crippen molar-refractivity contribution >= 4 is 23.5 Å². The van der Waals surface area contributed by atoms with Gasteiger partial charge in [0.2, 0.25) is 0 Å². The highest BCUT2D eigenvalue weighted by Crippen LogP contribution is 2.22. The van der Waals surface area contributed by atoms with Crippen LogP contribution in [0.3, 0.4) is 0 Å². The Hall–Kier alpha value is -2.40. The number of allylic oxidation sites excluding steroid dienone is 1. The van der Waals surface area contributed by atoms with Crippen LogP contribution >= 0.6 is 11.3 Å². The number of thiophene rings is 1. The summed E-state index contributed by atoms with van der Waals surface area (Å²) in [5.41, 5.74) is 2.66. The van der Waals surface area contributed by atoms with E-state index in [1.54, 1.807) is 29.6 Å². The topological polar surface area (TPSA) is 41.9 Å². The lowest BCUT2D eigenvalue weighted by Gasteiger charge is -2.32. The third-order valence-corrected chi connectivity index (χ3v) is 5.71. The van der Waals surface area contributed by atoms with Crippen LogP contribution in [0.4, 0.5) is 0 Å². The van der Waals surface area contributed by atoms with Gasteiger partial charge in [0.15, 0.2) is 0 Å². The first kappa shape index (κ1) is 22.9. The van der Waals surface area contributed by atoms with E-state index in [0.29, 0.717) is 5.70 Å². The van der Waals surface area contributed by atoms with E-state index in [9.17, 15) is 4.79 Å². The summed E-state index contributed by atoms with van der Waals surface area (Å²) in [4.78, 5) is 20.3. The van der Waals surface area contributed by atoms with Gasteiger partial charge in [0.1, 0.15) is 11.4 Å². The highest BCUT2D eigenvalue weighted by atomic mass is 32.1. The van der Waals surface area contributed by atoms with Gasteiger partial charge in [-0.05, 0) is 68.7 Å². The number of hydrogen-bond donors (Lipinski definition) is 0. The van der Waals surface area contributed by atoms with Crippen molar-refractivity contribution in [2.75, 3.05) is 14.2 Å². The minimum atomic E-state index is -0.263. The van der Waals surface area contributed by atoms with Crippen LogP contribution in [0.2, 0.25) is 0 Å². The molecule has 156 valence electrons. The molecule has 0 unspecified atom stereocenters. The minimum absolute atomic E-state index is 0.0608. The molecule has 0 saturated heterocycles. The minimum Gasteiger partial charge on any atom is -0.496 e. The van der Waals surface area contributed by atoms with Gasteiger partial charge in [0.25, 0.3) is 5.91 Å². The van der Waals surface area contributed by atoms with E-state index < -0.39 is 0 Å². The van der Waals surface area contributed by atoms with E-state index >= 15 is 0 Å². The van der Waals surface area contributed by atoms with Gasteiger partial charge in [-0.1, -0.05) is 31.2 Å². The van der Waals surface area contributed by atoms with Crippen molar-refractivity contribution < 1.29 is 9.53 Å². The summed E-state index contributed by atoms with van der Waals surface area (Å²) in [6.07, 6.45) is 6.24. The van der Waals surface area contributed by atoms with Gasteiger partial charge in [-0.25, -0.2) is 4.99 Å². The molecule has 0 radical (unpaired) electrons. The molecule has 0 aliphatic heterocycles. The zero-order chi connectivity index (χ0) is 21.4. The Morgan fingerprint density at radius 2 is 2.03 bits per heavy atom. The molecule has 5 heteroatoms. The Kier molecular flexibility index (Phi) is 8.21. The van der Waals surface area contributed by atoms with E-state index in [0.717, 1.165) is 29.9 Å². The molecule has 0 bridgehead atoms. The molecule has 1 heterocycles. The van der Waals surface area contributed by atoms with Crippen LogP contribution in [0.5, 0.6) is 5.75 Å². The summed E-state index contributed by atoms with van der Waals surface area (Å²) in [7, 11) is 3.53. The fraction of sp³-hybridized carbons (Fsp3) is 0.417. The third kappa shape index (κ3) is 6.57. The van der Waals surface area contributed by atoms with Crippen molar-refractivity contribution in [1.82, 2.24) is 4.90 Å². The fourth-order valence-corrected chi connectivity index (χ4v) is 3.39. The lowest BCUT2D eigenvalue weighted by Crippen LogP contribution is -2.43. The number of methoxy groups -OCH3 is 1. The highest BCUT2D eigenvalue weighted by molar-refractivity contribution is 7.11. The zero-order valence-corrected chi connectivity index (χ0v) is 19.2. The number of ether oxygens (including phenoxy) is 1. The smallest absolute Gasteiger partial charge is 0.272 e. The molecule has 1 aromatic carbocycles. The largest absolute Gasteiger partial charge is 0.496 e. The van der Waals surface area contributed by atoms with Crippen molar-refractivity contribution in [3.05, 3.63) is 63.5 Å². The van der Waals surface area contributed by atoms with Crippen molar-refractivity contribution in [2.24, 2.45) is 4.99 Å². The molecule has 0 aliphatic carbocycles. The summed E-state index contributed by atoms with van der Waals surface area (Å²) in [6.45, 7) is 8.19. The summed E-state index contributed by atoms with van der Waals surface area (Å²) >= 11 is 1.61. The SMILES string of the molecule is CCc1cc(CC/C=C(/N=Cc2cccs2)C(=O)N(C)C(C)(C)C)ccc1OC. The summed E-state index contributed by atoms with van der Waals surface area (Å²) in [6, 6.07) is 10.3. The van der Waals surface area contributed by atoms with Gasteiger partial charge in [-0.2, -0.15) is 0 Å². The molecular formula is C24H32N2O2S. The molecule has 2 rings (SSSR count). The van der Waals surface area contributed by atoms with E-state index in [-0.39, 0.29) is 11.4 Å². The maximum absolute atomic E-state index is 13.0. The van der Waals surface area contributed by atoms with Crippen LogP contribution < -0.4 is 4.74 Å². The number of aliphatic imine (C=N–C) groups is 1. The van der Waals surface area contributed by atoms with Gasteiger partial charge < -0.3 is 9.64 Å². The van der Waals surface area contributed by atoms with Gasteiger partial charge >= 0.3 is 0 Å². The van der Waals surface area contributed by atoms with Gasteiger partial charge in [-0.15, -0.1) is 11.3 Å². The molecule has 0 fully saturated rings. The number of carbonyl (C=O) groups excluding carboxylic acids is 1. The predicted molar refractivity (Wildman–Crippen MR) is 123 cm³/mol. The Morgan fingerprint density at radius 3 is 2.62 bits per heavy atom. The molecule has 1 amide bonds. The third-order valence-electron chi connectivity index (χ3n) is 4.90. The Morgan fingerprint density at radius 1 is 1.28 bits per heavy atom. The quantitative estimate of drug-likeness (QED) is 0.424. The zero-order valence-electron chi connectivity index (χ0n) is 18.4. The number of aryl methyl sites for hydroxylation is 2. The molecule has 0 aliphatic rings. The maximum Gasteiger partial charge on any atom is 0.272 e. The Balaban J connectivity index is 2.19. The van der Waals surface area contributed by atoms with E-state index in [1.165, 1.54) is 11.1 Å². The Labute approximate surface area is 178 Å². The van der Waals surface area contributed by atoms with Gasteiger partial charge in [0.05, 0.1) is 7.11 Å². The number of nitrogens with zero attached hydrogens (tertiary/aromatic N) is 2. The summed E-state index contributed by atoms with van der Waals surface area (Å²) in [5.74, 6) is 0.865. The van der Waals surface area contributed by atoms with Crippen LogP contribution in [0.15, 0.2) is 52.5 Å². The molecule has 0 spiro atoms. The standard InChI is InChI=1S/C24H32N2O2S/c1-7-19-16-18(13-14-22(19)28-6)10-8-12-21(23(27)26(5)24(2,3)4)25-17-20-11-9-15-29-20/h9,11-17H,7-8,10H2,1-6H3/b21-12+,25-17?. The monoisotopic (exact) mass is 412 g/mol. The van der Waals surface area contributed by atoms with Crippen LogP contribution in [0, 0.1) is 0 Å². The van der Waals surface area contributed by atoms with Crippen LogP contribution in [0.1, 0.15) is 50.1 Å². The molecule has 4 nitrogen and oxygen atoms in total. The summed E-state index contributed by atoms with van der Waals surface area (Å²) in [5, 5.41) is 2.00. The fourth-order valence-electron chi connectivity index (χ4n) is 2.81. The maximum atomic E-state index is 13.0. The van der Waals surface area contributed by atoms with Crippen molar-refractivity contribution in [3.63, 3.8) is 0 Å². The molecule has 0 atom stereocenters. The van der Waals surface area contributed by atoms with Crippen molar-refractivity contribution in [2.45, 2.75) is 52.5 Å². The van der Waals surface area contributed by atoms with E-state index in [1.807, 2.05) is 57.5 Å². The number of hydrogen-bond acceptors (Lipinski definition) is 4. The second-order valence-electron chi connectivity index (χ2n) is 7.94. The first-order valence-corrected chi connectivity index (χ1v) is 10.9. The van der Waals surface area contributed by atoms with Crippen molar-refractivity contribution in [1.29, 1.82) is 0 Å². The Bertz CT molecular complexity index is 862. The van der Waals surface area contributed by atoms with Gasteiger partial charge in [0, 0.05) is 23.7 Å². The molecule has 0 saturated carbocycles. The van der Waals surface area contributed by atoms with Crippen LogP contribution in [0.25, 0.3) is 0 Å². The average molecular weight is 413 g/mol. The molecule has 1 aromatic heterocycles. The molecular weight excluding hydrogens is 380 g/mol. The second-order valence-corrected chi connectivity index (χ2v) is 8.92. The number of likely N-dealkylation sites (N-methyl/N-ethyl adjacent to an activating group) is 1. The first-order chi connectivity index (χ1) is 13.8. The van der Waals surface area contributed by atoms with Crippen LogP contribution in [-0.4, -0.2) is 36.7 Å². The number of carbonyl (C=O) groups is 1. The summed E-state index contributed by atoms with van der Waals surface area (Å²) < 4.78 is 5.41. The van der Waals surface area contributed by atoms with E-state index in [4.69, 9.17) is 4.74 Å². The lowest BCUT2D eigenvalue weighted by atomic mass is 10.0. The second kappa shape index (κ2) is 10.4. The number of benzene rings is 1. The molecule has 29 heavy (non-hydrogen) atoms. The lowest BCUT2D eigenvalue weighted by molar-refractivity contribution is -0.129. The number of rotatable bonds is 8. The first-order valence-electron chi connectivity index (χ1n) is 9.98. The average Bonchev–Trinajstić information content (AvgIpc) is 3.22. The molecule has 0 N–H and O–H groups in total.